The van der Waals surface area contributed by atoms with E-state index < -0.39 is 18.6 Å². The normalized spacial score (nSPS) is 17.1. The number of cyclic esters (lactones) is 1. The van der Waals surface area contributed by atoms with Crippen molar-refractivity contribution in [2.45, 2.75) is 6.10 Å². The number of carbonyl (C=O) groups is 2. The Kier molecular flexibility index (Phi) is 4.36. The van der Waals surface area contributed by atoms with E-state index in [1.165, 1.54) is 9.47 Å². The van der Waals surface area contributed by atoms with Crippen LogP contribution < -0.4 is 16.0 Å². The van der Waals surface area contributed by atoms with Gasteiger partial charge >= 0.3 is 6.09 Å². The lowest BCUT2D eigenvalue weighted by atomic mass is 10.2. The Balaban J connectivity index is 1.81. The highest BCUT2D eigenvalue weighted by Gasteiger charge is 2.32. The zero-order valence-corrected chi connectivity index (χ0v) is 13.5. The number of benzene rings is 1. The molecule has 1 aromatic carbocycles. The zero-order chi connectivity index (χ0) is 17.3. The van der Waals surface area contributed by atoms with Gasteiger partial charge in [-0.05, 0) is 36.5 Å². The smallest absolute Gasteiger partial charge is 0.414 e. The minimum absolute atomic E-state index is 0.154. The number of rotatable bonds is 4. The first-order valence-electron chi connectivity index (χ1n) is 7.26. The van der Waals surface area contributed by atoms with E-state index in [0.29, 0.717) is 24.3 Å². The summed E-state index contributed by atoms with van der Waals surface area (Å²) in [5, 5.41) is 12.7. The quantitative estimate of drug-likeness (QED) is 0.687. The van der Waals surface area contributed by atoms with E-state index in [1.54, 1.807) is 30.5 Å². The first kappa shape index (κ1) is 16.2. The van der Waals surface area contributed by atoms with Crippen molar-refractivity contribution in [3.63, 3.8) is 0 Å². The SMILES string of the molecule is NC(=S)NC[C@H]1CN(c2ccc3c(ccn3C(=O)CO)c2)C(=O)O1. The lowest BCUT2D eigenvalue weighted by molar-refractivity contribution is 0.0824. The molecular weight excluding hydrogens is 332 g/mol. The van der Waals surface area contributed by atoms with Crippen molar-refractivity contribution in [1.82, 2.24) is 9.88 Å². The molecule has 0 spiro atoms. The van der Waals surface area contributed by atoms with Gasteiger partial charge in [-0.2, -0.15) is 0 Å². The molecule has 1 aliphatic rings. The largest absolute Gasteiger partial charge is 0.442 e. The Hall–Kier alpha value is -2.65. The van der Waals surface area contributed by atoms with Gasteiger partial charge in [-0.3, -0.25) is 14.3 Å². The van der Waals surface area contributed by atoms with Gasteiger partial charge in [0.1, 0.15) is 12.7 Å². The van der Waals surface area contributed by atoms with Crippen LogP contribution in [0.5, 0.6) is 0 Å². The number of thiocarbonyl (C=S) groups is 1. The lowest BCUT2D eigenvalue weighted by Crippen LogP contribution is -2.37. The van der Waals surface area contributed by atoms with Gasteiger partial charge in [-0.25, -0.2) is 4.79 Å². The minimum atomic E-state index is -0.568. The van der Waals surface area contributed by atoms with Gasteiger partial charge in [-0.15, -0.1) is 0 Å². The molecule has 0 saturated carbocycles. The highest BCUT2D eigenvalue weighted by molar-refractivity contribution is 7.80. The maximum atomic E-state index is 12.0. The molecule has 1 aliphatic heterocycles. The average Bonchev–Trinajstić information content (AvgIpc) is 3.15. The molecule has 0 bridgehead atoms. The second kappa shape index (κ2) is 6.46. The molecular formula is C15H16N4O4S. The van der Waals surface area contributed by atoms with Crippen molar-refractivity contribution in [3.8, 4) is 0 Å². The molecule has 24 heavy (non-hydrogen) atoms. The summed E-state index contributed by atoms with van der Waals surface area (Å²) in [4.78, 5) is 25.2. The molecule has 4 N–H and O–H groups in total. The number of nitrogens with one attached hydrogen (secondary N) is 1. The van der Waals surface area contributed by atoms with Crippen molar-refractivity contribution in [2.24, 2.45) is 5.73 Å². The maximum absolute atomic E-state index is 12.0. The fraction of sp³-hybridized carbons (Fsp3) is 0.267. The van der Waals surface area contributed by atoms with E-state index in [1.807, 2.05) is 0 Å². The van der Waals surface area contributed by atoms with Crippen molar-refractivity contribution < 1.29 is 19.4 Å². The fourth-order valence-corrected chi connectivity index (χ4v) is 2.73. The number of aliphatic hydroxyl groups excluding tert-OH is 1. The fourth-order valence-electron chi connectivity index (χ4n) is 2.64. The van der Waals surface area contributed by atoms with Gasteiger partial charge in [0.05, 0.1) is 18.6 Å². The number of anilines is 1. The van der Waals surface area contributed by atoms with Crippen molar-refractivity contribution >= 4 is 45.9 Å². The Morgan fingerprint density at radius 2 is 2.25 bits per heavy atom. The number of nitrogens with two attached hydrogens (primary N) is 1. The Labute approximate surface area is 142 Å². The van der Waals surface area contributed by atoms with Crippen molar-refractivity contribution in [3.05, 3.63) is 30.5 Å². The number of carbonyl (C=O) groups excluding carboxylic acids is 2. The molecule has 8 nitrogen and oxygen atoms in total. The van der Waals surface area contributed by atoms with E-state index in [-0.39, 0.29) is 11.2 Å². The maximum Gasteiger partial charge on any atom is 0.414 e. The summed E-state index contributed by atoms with van der Waals surface area (Å²) in [6, 6.07) is 7.00. The third kappa shape index (κ3) is 3.03. The molecule has 2 aromatic rings. The summed E-state index contributed by atoms with van der Waals surface area (Å²) < 4.78 is 6.64. The summed E-state index contributed by atoms with van der Waals surface area (Å²) >= 11 is 4.73. The Bertz CT molecular complexity index is 819. The van der Waals surface area contributed by atoms with Gasteiger partial charge < -0.3 is 20.9 Å². The number of ether oxygens (including phenoxy) is 1. The number of fused-ring (bicyclic) bond motifs is 1. The highest BCUT2D eigenvalue weighted by Crippen LogP contribution is 2.26. The van der Waals surface area contributed by atoms with E-state index >= 15 is 0 Å². The molecule has 1 amide bonds. The van der Waals surface area contributed by atoms with Crippen LogP contribution in [-0.2, 0) is 4.74 Å². The topological polar surface area (TPSA) is 110 Å². The molecule has 9 heteroatoms. The predicted molar refractivity (Wildman–Crippen MR) is 92.1 cm³/mol. The van der Waals surface area contributed by atoms with Gasteiger partial charge in [0.25, 0.3) is 5.91 Å². The second-order valence-electron chi connectivity index (χ2n) is 5.34. The zero-order valence-electron chi connectivity index (χ0n) is 12.6. The number of hydrogen-bond acceptors (Lipinski definition) is 5. The van der Waals surface area contributed by atoms with E-state index in [2.05, 4.69) is 5.32 Å². The van der Waals surface area contributed by atoms with Crippen LogP contribution in [0.2, 0.25) is 0 Å². The molecule has 1 saturated heterocycles. The van der Waals surface area contributed by atoms with Crippen LogP contribution in [0.15, 0.2) is 30.5 Å². The van der Waals surface area contributed by atoms with E-state index in [0.717, 1.165) is 5.39 Å². The summed E-state index contributed by atoms with van der Waals surface area (Å²) in [7, 11) is 0. The highest BCUT2D eigenvalue weighted by atomic mass is 32.1. The number of nitrogens with zero attached hydrogens (tertiary/aromatic N) is 2. The first-order chi connectivity index (χ1) is 11.5. The molecule has 3 rings (SSSR count). The van der Waals surface area contributed by atoms with Crippen LogP contribution in [0, 0.1) is 0 Å². The number of hydrogen-bond donors (Lipinski definition) is 3. The van der Waals surface area contributed by atoms with Gasteiger partial charge in [0.15, 0.2) is 5.11 Å². The van der Waals surface area contributed by atoms with E-state index in [9.17, 15) is 9.59 Å². The minimum Gasteiger partial charge on any atom is -0.442 e. The molecule has 2 heterocycles. The van der Waals surface area contributed by atoms with E-state index in [4.69, 9.17) is 27.8 Å². The van der Waals surface area contributed by atoms with Crippen molar-refractivity contribution in [2.75, 3.05) is 24.6 Å². The van der Waals surface area contributed by atoms with Crippen LogP contribution in [0.4, 0.5) is 10.5 Å². The van der Waals surface area contributed by atoms with Crippen molar-refractivity contribution in [1.29, 1.82) is 0 Å². The van der Waals surface area contributed by atoms with Crippen LogP contribution in [0.1, 0.15) is 4.79 Å². The summed E-state index contributed by atoms with van der Waals surface area (Å²) in [6.45, 7) is 0.152. The Morgan fingerprint density at radius 3 is 2.96 bits per heavy atom. The lowest BCUT2D eigenvalue weighted by Gasteiger charge is -2.13. The number of aromatic nitrogens is 1. The first-order valence-corrected chi connectivity index (χ1v) is 7.67. The van der Waals surface area contributed by atoms with Crippen LogP contribution in [0.3, 0.4) is 0 Å². The van der Waals surface area contributed by atoms with Crippen LogP contribution in [-0.4, -0.2) is 52.6 Å². The molecule has 0 unspecified atom stereocenters. The summed E-state index contributed by atoms with van der Waals surface area (Å²) in [5.74, 6) is -0.415. The monoisotopic (exact) mass is 348 g/mol. The number of aliphatic hydroxyl groups is 1. The molecule has 0 aliphatic carbocycles. The van der Waals surface area contributed by atoms with Crippen LogP contribution in [0.25, 0.3) is 10.9 Å². The summed E-state index contributed by atoms with van der Waals surface area (Å²) in [5.41, 5.74) is 6.70. The molecule has 0 radical (unpaired) electrons. The molecule has 126 valence electrons. The standard InChI is InChI=1S/C15H16N4O4S/c16-14(24)17-6-11-7-19(15(22)23-11)10-1-2-12-9(5-10)3-4-18(12)13(21)8-20/h1-5,11,20H,6-8H2,(H3,16,17,24)/t11-/m0/s1. The summed E-state index contributed by atoms with van der Waals surface area (Å²) in [6.07, 6.45) is 0.787. The third-order valence-electron chi connectivity index (χ3n) is 3.77. The molecule has 1 atom stereocenters. The van der Waals surface area contributed by atoms with Gasteiger partial charge in [0.2, 0.25) is 0 Å². The molecule has 1 fully saturated rings. The van der Waals surface area contributed by atoms with Gasteiger partial charge in [0, 0.05) is 17.3 Å². The number of amides is 1. The van der Waals surface area contributed by atoms with Gasteiger partial charge in [-0.1, -0.05) is 0 Å². The average molecular weight is 348 g/mol. The molecule has 1 aromatic heterocycles. The second-order valence-corrected chi connectivity index (χ2v) is 5.78. The Morgan fingerprint density at radius 1 is 1.46 bits per heavy atom. The van der Waals surface area contributed by atoms with Crippen LogP contribution >= 0.6 is 12.2 Å². The predicted octanol–water partition coefficient (Wildman–Crippen LogP) is 0.432. The third-order valence-corrected chi connectivity index (χ3v) is 3.91.